The standard InChI is InChI=1S/C22H17BrN2O4/c23-17-8-2-1-6-15(17)12-20-22(27)25(18-9-3-4-10-19(18)29-20)14-21(26)24-13-16-7-5-11-28-16/h1-12H,13-14H2,(H,24,26)/b20-12+. The number of hydrogen-bond donors (Lipinski definition) is 1. The molecule has 146 valence electrons. The summed E-state index contributed by atoms with van der Waals surface area (Å²) in [5.41, 5.74) is 1.35. The number of hydrogen-bond acceptors (Lipinski definition) is 4. The molecule has 4 rings (SSSR count). The number of amides is 2. The second kappa shape index (κ2) is 8.36. The van der Waals surface area contributed by atoms with Crippen molar-refractivity contribution in [3.63, 3.8) is 0 Å². The van der Waals surface area contributed by atoms with Gasteiger partial charge in [-0.1, -0.05) is 46.3 Å². The Kier molecular flexibility index (Phi) is 5.48. The Morgan fingerprint density at radius 2 is 1.86 bits per heavy atom. The molecule has 0 fully saturated rings. The number of furan rings is 1. The average Bonchev–Trinajstić information content (AvgIpc) is 3.25. The highest BCUT2D eigenvalue weighted by atomic mass is 79.9. The molecule has 1 aliphatic heterocycles. The van der Waals surface area contributed by atoms with Crippen LogP contribution in [0.1, 0.15) is 11.3 Å². The highest BCUT2D eigenvalue weighted by Gasteiger charge is 2.31. The van der Waals surface area contributed by atoms with Crippen LogP contribution >= 0.6 is 15.9 Å². The second-order valence-corrected chi connectivity index (χ2v) is 7.20. The van der Waals surface area contributed by atoms with Crippen LogP contribution in [-0.2, 0) is 16.1 Å². The van der Waals surface area contributed by atoms with Crippen LogP contribution in [0.25, 0.3) is 6.08 Å². The minimum Gasteiger partial charge on any atom is -0.467 e. The number of halogens is 1. The number of nitrogens with zero attached hydrogens (tertiary/aromatic N) is 1. The van der Waals surface area contributed by atoms with Crippen molar-refractivity contribution in [1.29, 1.82) is 0 Å². The van der Waals surface area contributed by atoms with Crippen LogP contribution in [0.3, 0.4) is 0 Å². The fourth-order valence-corrected chi connectivity index (χ4v) is 3.35. The van der Waals surface area contributed by atoms with E-state index in [9.17, 15) is 9.59 Å². The molecule has 0 atom stereocenters. The van der Waals surface area contributed by atoms with Gasteiger partial charge < -0.3 is 14.5 Å². The fourth-order valence-electron chi connectivity index (χ4n) is 2.95. The number of fused-ring (bicyclic) bond motifs is 1. The first-order chi connectivity index (χ1) is 14.1. The van der Waals surface area contributed by atoms with Gasteiger partial charge in [0.1, 0.15) is 12.3 Å². The summed E-state index contributed by atoms with van der Waals surface area (Å²) in [7, 11) is 0. The molecule has 0 saturated heterocycles. The van der Waals surface area contributed by atoms with Gasteiger partial charge >= 0.3 is 0 Å². The topological polar surface area (TPSA) is 71.8 Å². The summed E-state index contributed by atoms with van der Waals surface area (Å²) in [5.74, 6) is 0.625. The third-order valence-electron chi connectivity index (χ3n) is 4.37. The molecule has 1 aromatic heterocycles. The van der Waals surface area contributed by atoms with E-state index >= 15 is 0 Å². The molecule has 29 heavy (non-hydrogen) atoms. The molecule has 7 heteroatoms. The Morgan fingerprint density at radius 3 is 2.66 bits per heavy atom. The summed E-state index contributed by atoms with van der Waals surface area (Å²) in [6, 6.07) is 18.2. The number of rotatable bonds is 5. The molecule has 2 amide bonds. The van der Waals surface area contributed by atoms with Gasteiger partial charge in [-0.05, 0) is 42.0 Å². The van der Waals surface area contributed by atoms with Gasteiger partial charge in [-0.15, -0.1) is 0 Å². The Hall–Kier alpha value is -3.32. The Labute approximate surface area is 175 Å². The fraction of sp³-hybridized carbons (Fsp3) is 0.0909. The molecule has 0 spiro atoms. The van der Waals surface area contributed by atoms with Crippen LogP contribution in [0.4, 0.5) is 5.69 Å². The van der Waals surface area contributed by atoms with E-state index in [2.05, 4.69) is 21.2 Å². The number of carbonyl (C=O) groups is 2. The molecule has 2 aromatic carbocycles. The van der Waals surface area contributed by atoms with Gasteiger partial charge in [0.05, 0.1) is 18.5 Å². The first-order valence-electron chi connectivity index (χ1n) is 8.96. The SMILES string of the molecule is O=C(CN1C(=O)/C(=C\c2ccccc2Br)Oc2ccccc21)NCc1ccco1. The van der Waals surface area contributed by atoms with E-state index in [1.165, 1.54) is 4.90 Å². The molecule has 0 aliphatic carbocycles. The van der Waals surface area contributed by atoms with E-state index in [1.54, 1.807) is 42.7 Å². The zero-order valence-corrected chi connectivity index (χ0v) is 16.9. The highest BCUT2D eigenvalue weighted by molar-refractivity contribution is 9.10. The third kappa shape index (κ3) is 4.25. The van der Waals surface area contributed by atoms with E-state index in [4.69, 9.17) is 9.15 Å². The van der Waals surface area contributed by atoms with E-state index in [0.29, 0.717) is 17.2 Å². The monoisotopic (exact) mass is 452 g/mol. The summed E-state index contributed by atoms with van der Waals surface area (Å²) in [6.45, 7) is 0.124. The Balaban J connectivity index is 1.59. The second-order valence-electron chi connectivity index (χ2n) is 6.35. The quantitative estimate of drug-likeness (QED) is 0.590. The van der Waals surface area contributed by atoms with Crippen LogP contribution in [0, 0.1) is 0 Å². The number of benzene rings is 2. The minimum atomic E-state index is -0.382. The number of anilines is 1. The van der Waals surface area contributed by atoms with Crippen LogP contribution in [-0.4, -0.2) is 18.4 Å². The van der Waals surface area contributed by atoms with Gasteiger partial charge in [-0.3, -0.25) is 14.5 Å². The molecule has 6 nitrogen and oxygen atoms in total. The normalized spacial score (nSPS) is 14.4. The first kappa shape index (κ1) is 19.0. The lowest BCUT2D eigenvalue weighted by atomic mass is 10.1. The minimum absolute atomic E-state index is 0.132. The van der Waals surface area contributed by atoms with Crippen LogP contribution in [0.5, 0.6) is 5.75 Å². The summed E-state index contributed by atoms with van der Waals surface area (Å²) in [4.78, 5) is 27.0. The van der Waals surface area contributed by atoms with E-state index in [1.807, 2.05) is 30.3 Å². The molecular weight excluding hydrogens is 436 g/mol. The van der Waals surface area contributed by atoms with E-state index in [-0.39, 0.29) is 30.7 Å². The summed E-state index contributed by atoms with van der Waals surface area (Å²) >= 11 is 3.47. The molecule has 3 aromatic rings. The van der Waals surface area contributed by atoms with Crippen LogP contribution in [0.2, 0.25) is 0 Å². The molecule has 0 radical (unpaired) electrons. The predicted octanol–water partition coefficient (Wildman–Crippen LogP) is 4.13. The van der Waals surface area contributed by atoms with Crippen molar-refractivity contribution in [2.24, 2.45) is 0 Å². The van der Waals surface area contributed by atoms with Crippen molar-refractivity contribution in [1.82, 2.24) is 5.32 Å². The van der Waals surface area contributed by atoms with Crippen LogP contribution in [0.15, 0.2) is 81.6 Å². The van der Waals surface area contributed by atoms with Gasteiger partial charge in [-0.25, -0.2) is 0 Å². The Morgan fingerprint density at radius 1 is 1.07 bits per heavy atom. The van der Waals surface area contributed by atoms with Crippen molar-refractivity contribution < 1.29 is 18.7 Å². The van der Waals surface area contributed by atoms with Crippen molar-refractivity contribution in [3.05, 3.63) is 88.5 Å². The zero-order chi connectivity index (χ0) is 20.2. The number of carbonyl (C=O) groups excluding carboxylic acids is 2. The lowest BCUT2D eigenvalue weighted by molar-refractivity contribution is -0.123. The zero-order valence-electron chi connectivity index (χ0n) is 15.3. The van der Waals surface area contributed by atoms with Crippen molar-refractivity contribution in [2.75, 3.05) is 11.4 Å². The highest BCUT2D eigenvalue weighted by Crippen LogP contribution is 2.35. The molecule has 1 aliphatic rings. The van der Waals surface area contributed by atoms with Gasteiger partial charge in [0, 0.05) is 4.47 Å². The summed E-state index contributed by atoms with van der Waals surface area (Å²) in [5, 5.41) is 2.76. The smallest absolute Gasteiger partial charge is 0.294 e. The van der Waals surface area contributed by atoms with E-state index < -0.39 is 0 Å². The van der Waals surface area contributed by atoms with Gasteiger partial charge in [-0.2, -0.15) is 0 Å². The third-order valence-corrected chi connectivity index (χ3v) is 5.09. The largest absolute Gasteiger partial charge is 0.467 e. The van der Waals surface area contributed by atoms with E-state index in [0.717, 1.165) is 10.0 Å². The molecular formula is C22H17BrN2O4. The van der Waals surface area contributed by atoms with Gasteiger partial charge in [0.25, 0.3) is 5.91 Å². The van der Waals surface area contributed by atoms with Gasteiger partial charge in [0.2, 0.25) is 5.91 Å². The molecule has 0 bridgehead atoms. The maximum absolute atomic E-state index is 13.1. The molecule has 0 unspecified atom stereocenters. The number of nitrogens with one attached hydrogen (secondary N) is 1. The predicted molar refractivity (Wildman–Crippen MR) is 112 cm³/mol. The molecule has 0 saturated carbocycles. The van der Waals surface area contributed by atoms with Crippen molar-refractivity contribution in [2.45, 2.75) is 6.54 Å². The first-order valence-corrected chi connectivity index (χ1v) is 9.75. The number of para-hydroxylation sites is 2. The maximum Gasteiger partial charge on any atom is 0.294 e. The van der Waals surface area contributed by atoms with Crippen molar-refractivity contribution >= 4 is 39.5 Å². The lowest BCUT2D eigenvalue weighted by Crippen LogP contribution is -2.44. The molecule has 1 N–H and O–H groups in total. The average molecular weight is 453 g/mol. The Bertz CT molecular complexity index is 1080. The number of ether oxygens (including phenoxy) is 1. The summed E-state index contributed by atoms with van der Waals surface area (Å²) in [6.07, 6.45) is 3.21. The lowest BCUT2D eigenvalue weighted by Gasteiger charge is -2.30. The molecule has 2 heterocycles. The summed E-state index contributed by atoms with van der Waals surface area (Å²) < 4.78 is 11.9. The van der Waals surface area contributed by atoms with Crippen molar-refractivity contribution in [3.8, 4) is 5.75 Å². The maximum atomic E-state index is 13.1. The van der Waals surface area contributed by atoms with Crippen LogP contribution < -0.4 is 15.0 Å². The van der Waals surface area contributed by atoms with Gasteiger partial charge in [0.15, 0.2) is 11.5 Å².